The molecule has 0 saturated carbocycles. The van der Waals surface area contributed by atoms with Crippen molar-refractivity contribution in [1.82, 2.24) is 19.8 Å². The molecule has 0 aliphatic carbocycles. The highest BCUT2D eigenvalue weighted by Crippen LogP contribution is 2.22. The second-order valence-electron chi connectivity index (χ2n) is 4.98. The molecule has 1 aliphatic rings. The van der Waals surface area contributed by atoms with E-state index in [-0.39, 0.29) is 24.4 Å². The lowest BCUT2D eigenvalue weighted by molar-refractivity contribution is 0.0621. The second kappa shape index (κ2) is 6.74. The van der Waals surface area contributed by atoms with Crippen LogP contribution in [0.1, 0.15) is 22.2 Å². The summed E-state index contributed by atoms with van der Waals surface area (Å²) in [4.78, 5) is 19.0. The van der Waals surface area contributed by atoms with Crippen LogP contribution in [0.5, 0.6) is 0 Å². The summed E-state index contributed by atoms with van der Waals surface area (Å²) in [5, 5.41) is 3.34. The molecule has 3 rings (SSSR count). The highest BCUT2D eigenvalue weighted by Gasteiger charge is 2.30. The van der Waals surface area contributed by atoms with Crippen LogP contribution in [0.3, 0.4) is 0 Å². The molecule has 21 heavy (non-hydrogen) atoms. The zero-order valence-corrected chi connectivity index (χ0v) is 12.7. The van der Waals surface area contributed by atoms with Gasteiger partial charge in [0.25, 0.3) is 5.91 Å². The third-order valence-corrected chi connectivity index (χ3v) is 3.68. The molecule has 1 N–H and O–H groups in total. The molecule has 1 aliphatic heterocycles. The first-order valence-electron chi connectivity index (χ1n) is 6.81. The fourth-order valence-corrected chi connectivity index (χ4v) is 2.62. The Morgan fingerprint density at radius 2 is 2.10 bits per heavy atom. The Balaban J connectivity index is 0.00000161. The van der Waals surface area contributed by atoms with Crippen LogP contribution in [-0.4, -0.2) is 40.0 Å². The third-order valence-electron chi connectivity index (χ3n) is 3.68. The van der Waals surface area contributed by atoms with E-state index in [4.69, 9.17) is 0 Å². The highest BCUT2D eigenvalue weighted by molar-refractivity contribution is 5.94. The van der Waals surface area contributed by atoms with Crippen molar-refractivity contribution in [2.24, 2.45) is 7.05 Å². The second-order valence-corrected chi connectivity index (χ2v) is 4.98. The minimum absolute atomic E-state index is 0. The number of halogens is 1. The average Bonchev–Trinajstić information content (AvgIpc) is 2.93. The van der Waals surface area contributed by atoms with Gasteiger partial charge in [-0.2, -0.15) is 0 Å². The van der Waals surface area contributed by atoms with E-state index in [2.05, 4.69) is 10.3 Å². The lowest BCUT2D eigenvalue weighted by Gasteiger charge is -2.35. The summed E-state index contributed by atoms with van der Waals surface area (Å²) in [6.07, 6.45) is 3.68. The number of imidazole rings is 1. The molecule has 5 nitrogen and oxygen atoms in total. The highest BCUT2D eigenvalue weighted by atomic mass is 35.5. The number of amides is 1. The van der Waals surface area contributed by atoms with E-state index in [1.54, 1.807) is 6.20 Å². The van der Waals surface area contributed by atoms with E-state index in [0.29, 0.717) is 6.54 Å². The van der Waals surface area contributed by atoms with E-state index in [1.807, 2.05) is 53.0 Å². The van der Waals surface area contributed by atoms with Gasteiger partial charge in [-0.05, 0) is 12.1 Å². The number of benzene rings is 1. The monoisotopic (exact) mass is 306 g/mol. The van der Waals surface area contributed by atoms with Crippen LogP contribution in [0, 0.1) is 0 Å². The molecule has 6 heteroatoms. The number of aryl methyl sites for hydroxylation is 1. The molecule has 0 bridgehead atoms. The number of piperazine rings is 1. The number of carbonyl (C=O) groups excluding carboxylic acids is 1. The molecule has 0 spiro atoms. The smallest absolute Gasteiger partial charge is 0.254 e. The van der Waals surface area contributed by atoms with Gasteiger partial charge in [-0.25, -0.2) is 4.98 Å². The predicted octanol–water partition coefficient (Wildman–Crippen LogP) is 1.63. The molecule has 1 aromatic carbocycles. The first kappa shape index (κ1) is 15.5. The van der Waals surface area contributed by atoms with E-state index < -0.39 is 0 Å². The molecular weight excluding hydrogens is 288 g/mol. The van der Waals surface area contributed by atoms with Crippen molar-refractivity contribution < 1.29 is 4.79 Å². The Bertz CT molecular complexity index is 599. The van der Waals surface area contributed by atoms with Gasteiger partial charge in [0.1, 0.15) is 11.9 Å². The Morgan fingerprint density at radius 1 is 1.33 bits per heavy atom. The number of nitrogens with zero attached hydrogens (tertiary/aromatic N) is 3. The predicted molar refractivity (Wildman–Crippen MR) is 83.5 cm³/mol. The maximum atomic E-state index is 12.7. The largest absolute Gasteiger partial charge is 0.336 e. The van der Waals surface area contributed by atoms with Gasteiger partial charge >= 0.3 is 0 Å². The first-order chi connectivity index (χ1) is 9.77. The van der Waals surface area contributed by atoms with Gasteiger partial charge in [-0.1, -0.05) is 18.2 Å². The van der Waals surface area contributed by atoms with Gasteiger partial charge in [0.2, 0.25) is 0 Å². The molecule has 1 unspecified atom stereocenters. The van der Waals surface area contributed by atoms with Crippen LogP contribution < -0.4 is 5.32 Å². The number of nitrogens with one attached hydrogen (secondary N) is 1. The zero-order valence-electron chi connectivity index (χ0n) is 11.9. The Morgan fingerprint density at radius 3 is 2.76 bits per heavy atom. The van der Waals surface area contributed by atoms with Crippen LogP contribution in [-0.2, 0) is 7.05 Å². The first-order valence-corrected chi connectivity index (χ1v) is 6.81. The van der Waals surface area contributed by atoms with Crippen molar-refractivity contribution in [2.45, 2.75) is 6.04 Å². The molecule has 1 fully saturated rings. The average molecular weight is 307 g/mol. The van der Waals surface area contributed by atoms with Crippen LogP contribution in [0.2, 0.25) is 0 Å². The molecule has 2 aromatic rings. The summed E-state index contributed by atoms with van der Waals surface area (Å²) in [6, 6.07) is 9.41. The van der Waals surface area contributed by atoms with Gasteiger partial charge < -0.3 is 14.8 Å². The van der Waals surface area contributed by atoms with Crippen LogP contribution in [0.25, 0.3) is 0 Å². The van der Waals surface area contributed by atoms with Crippen molar-refractivity contribution in [3.63, 3.8) is 0 Å². The van der Waals surface area contributed by atoms with E-state index in [1.165, 1.54) is 0 Å². The van der Waals surface area contributed by atoms with Crippen molar-refractivity contribution >= 4 is 18.3 Å². The van der Waals surface area contributed by atoms with Gasteiger partial charge in [0.15, 0.2) is 0 Å². The number of hydrogen-bond donors (Lipinski definition) is 1. The summed E-state index contributed by atoms with van der Waals surface area (Å²) in [5.74, 6) is 0.988. The number of carbonyl (C=O) groups is 1. The standard InChI is InChI=1S/C15H18N4O.ClH/c1-18-9-8-17-14(18)13-11-16-7-10-19(13)15(20)12-5-3-2-4-6-12;/h2-6,8-9,13,16H,7,10-11H2,1H3;1H. The van der Waals surface area contributed by atoms with Crippen molar-refractivity contribution in [3.8, 4) is 0 Å². The molecular formula is C15H19ClN4O. The van der Waals surface area contributed by atoms with Crippen molar-refractivity contribution in [1.29, 1.82) is 0 Å². The Hall–Kier alpha value is -1.85. The molecule has 1 atom stereocenters. The molecule has 1 saturated heterocycles. The van der Waals surface area contributed by atoms with E-state index in [0.717, 1.165) is 24.5 Å². The van der Waals surface area contributed by atoms with Gasteiger partial charge in [-0.15, -0.1) is 12.4 Å². The quantitative estimate of drug-likeness (QED) is 0.917. The molecule has 0 radical (unpaired) electrons. The molecule has 1 amide bonds. The Kier molecular flexibility index (Phi) is 4.98. The Labute approximate surface area is 130 Å². The zero-order chi connectivity index (χ0) is 13.9. The lowest BCUT2D eigenvalue weighted by Crippen LogP contribution is -2.49. The SMILES string of the molecule is Cl.Cn1ccnc1C1CNCCN1C(=O)c1ccccc1. The van der Waals surface area contributed by atoms with Crippen LogP contribution in [0.15, 0.2) is 42.7 Å². The molecule has 2 heterocycles. The number of rotatable bonds is 2. The summed E-state index contributed by atoms with van der Waals surface area (Å²) >= 11 is 0. The van der Waals surface area contributed by atoms with E-state index >= 15 is 0 Å². The van der Waals surface area contributed by atoms with Gasteiger partial charge in [0.05, 0.1) is 0 Å². The summed E-state index contributed by atoms with van der Waals surface area (Å²) < 4.78 is 1.98. The van der Waals surface area contributed by atoms with Crippen LogP contribution >= 0.6 is 12.4 Å². The maximum absolute atomic E-state index is 12.7. The minimum atomic E-state index is -0.0172. The summed E-state index contributed by atoms with van der Waals surface area (Å²) in [7, 11) is 1.96. The minimum Gasteiger partial charge on any atom is -0.336 e. The van der Waals surface area contributed by atoms with Gasteiger partial charge in [0, 0.05) is 44.6 Å². The molecule has 1 aromatic heterocycles. The maximum Gasteiger partial charge on any atom is 0.254 e. The molecule has 112 valence electrons. The lowest BCUT2D eigenvalue weighted by atomic mass is 10.1. The normalized spacial score (nSPS) is 18.1. The van der Waals surface area contributed by atoms with E-state index in [9.17, 15) is 4.79 Å². The number of hydrogen-bond acceptors (Lipinski definition) is 3. The van der Waals surface area contributed by atoms with Crippen molar-refractivity contribution in [2.75, 3.05) is 19.6 Å². The van der Waals surface area contributed by atoms with Gasteiger partial charge in [-0.3, -0.25) is 4.79 Å². The summed E-state index contributed by atoms with van der Waals surface area (Å²) in [6.45, 7) is 2.26. The van der Waals surface area contributed by atoms with Crippen molar-refractivity contribution in [3.05, 3.63) is 54.1 Å². The third kappa shape index (κ3) is 3.09. The van der Waals surface area contributed by atoms with Crippen LogP contribution in [0.4, 0.5) is 0 Å². The summed E-state index contributed by atoms with van der Waals surface area (Å²) in [5.41, 5.74) is 0.730. The topological polar surface area (TPSA) is 50.2 Å². The number of aromatic nitrogens is 2. The fraction of sp³-hybridized carbons (Fsp3) is 0.333. The fourth-order valence-electron chi connectivity index (χ4n) is 2.62.